The van der Waals surface area contributed by atoms with Crippen molar-refractivity contribution in [3.8, 4) is 0 Å². The van der Waals surface area contributed by atoms with E-state index in [0.717, 1.165) is 18.2 Å². The van der Waals surface area contributed by atoms with Crippen LogP contribution in [0.2, 0.25) is 0 Å². The van der Waals surface area contributed by atoms with E-state index in [-0.39, 0.29) is 17.3 Å². The summed E-state index contributed by atoms with van der Waals surface area (Å²) < 4.78 is 0. The summed E-state index contributed by atoms with van der Waals surface area (Å²) in [5.74, 6) is 0.176. The molecule has 2 fully saturated rings. The molecule has 3 atom stereocenters. The third-order valence-electron chi connectivity index (χ3n) is 3.73. The van der Waals surface area contributed by atoms with E-state index in [9.17, 15) is 4.79 Å². The predicted octanol–water partition coefficient (Wildman–Crippen LogP) is 2.95. The third kappa shape index (κ3) is 2.27. The fraction of sp³-hybridized carbons (Fsp3) is 0.692. The summed E-state index contributed by atoms with van der Waals surface area (Å²) >= 11 is 5.35. The van der Waals surface area contributed by atoms with Gasteiger partial charge >= 0.3 is 0 Å². The molecule has 0 N–H and O–H groups in total. The predicted molar refractivity (Wildman–Crippen MR) is 79.3 cm³/mol. The summed E-state index contributed by atoms with van der Waals surface area (Å²) in [5, 5.41) is 1.64. The third-order valence-corrected chi connectivity index (χ3v) is 6.30. The van der Waals surface area contributed by atoms with Gasteiger partial charge in [0.05, 0.1) is 0 Å². The maximum absolute atomic E-state index is 12.0. The second-order valence-electron chi connectivity index (χ2n) is 5.01. The highest BCUT2D eigenvalue weighted by Gasteiger charge is 2.49. The summed E-state index contributed by atoms with van der Waals surface area (Å²) in [6.07, 6.45) is 10.0. The van der Waals surface area contributed by atoms with Crippen molar-refractivity contribution in [1.29, 1.82) is 0 Å². The number of β-lactam (4-membered cyclic amide) rings is 1. The lowest BCUT2D eigenvalue weighted by Crippen LogP contribution is -2.61. The average molecular weight is 329 g/mol. The number of hydrogen-bond donors (Lipinski definition) is 0. The maximum atomic E-state index is 12.0. The minimum atomic E-state index is -0.116. The van der Waals surface area contributed by atoms with Crippen molar-refractivity contribution in [3.05, 3.63) is 12.3 Å². The summed E-state index contributed by atoms with van der Waals surface area (Å²) in [6, 6.07) is -0.116. The Balaban J connectivity index is 1.71. The van der Waals surface area contributed by atoms with Crippen molar-refractivity contribution in [1.82, 2.24) is 4.90 Å². The van der Waals surface area contributed by atoms with Crippen LogP contribution in [-0.4, -0.2) is 38.5 Å². The molecule has 1 unspecified atom stereocenters. The normalized spacial score (nSPS) is 35.2. The lowest BCUT2D eigenvalue weighted by atomic mass is 9.97. The van der Waals surface area contributed by atoms with E-state index in [0.29, 0.717) is 5.25 Å². The van der Waals surface area contributed by atoms with E-state index in [2.05, 4.69) is 22.0 Å². The van der Waals surface area contributed by atoms with Gasteiger partial charge in [0, 0.05) is 22.5 Å². The number of carbonyl (C=O) groups is 1. The number of carbonyl (C=O) groups excluding carboxylic acids is 1. The second-order valence-corrected chi connectivity index (χ2v) is 7.02. The zero-order valence-electron chi connectivity index (χ0n) is 10.2. The first-order valence-electron chi connectivity index (χ1n) is 6.57. The number of thioether (sulfide) groups is 1. The van der Waals surface area contributed by atoms with Crippen LogP contribution in [0, 0.1) is 0 Å². The highest BCUT2D eigenvalue weighted by molar-refractivity contribution is 9.09. The molecule has 1 aliphatic carbocycles. The number of rotatable bonds is 2. The van der Waals surface area contributed by atoms with Gasteiger partial charge in [-0.2, -0.15) is 0 Å². The SMILES string of the molecule is O=C1[C@@H](N=C2CCCCC2)[C@H]2SC(CBr)C=CN12. The number of halogens is 1. The number of fused-ring (bicyclic) bond motifs is 1. The molecule has 0 spiro atoms. The van der Waals surface area contributed by atoms with Crippen molar-refractivity contribution in [2.24, 2.45) is 4.99 Å². The molecule has 18 heavy (non-hydrogen) atoms. The zero-order valence-corrected chi connectivity index (χ0v) is 12.6. The Bertz CT molecular complexity index is 402. The number of amides is 1. The molecule has 3 aliphatic rings. The minimum Gasteiger partial charge on any atom is -0.302 e. The topological polar surface area (TPSA) is 32.7 Å². The molecule has 1 saturated carbocycles. The average Bonchev–Trinajstić information content (AvgIpc) is 2.45. The molecule has 3 nitrogen and oxygen atoms in total. The monoisotopic (exact) mass is 328 g/mol. The van der Waals surface area contributed by atoms with Gasteiger partial charge in [0.1, 0.15) is 5.37 Å². The zero-order chi connectivity index (χ0) is 12.5. The first-order chi connectivity index (χ1) is 8.79. The molecule has 0 aromatic rings. The van der Waals surface area contributed by atoms with Gasteiger partial charge in [0.2, 0.25) is 0 Å². The standard InChI is InChI=1S/C13H17BrN2OS/c14-8-10-6-7-16-12(17)11(13(16)18-10)15-9-4-2-1-3-5-9/h6-7,10-11,13H,1-5,8H2/t10?,11-,13-/m1/s1. The summed E-state index contributed by atoms with van der Waals surface area (Å²) in [6.45, 7) is 0. The molecule has 0 aromatic heterocycles. The second kappa shape index (κ2) is 5.37. The van der Waals surface area contributed by atoms with Crippen molar-refractivity contribution in [2.45, 2.75) is 48.8 Å². The maximum Gasteiger partial charge on any atom is 0.255 e. The van der Waals surface area contributed by atoms with Crippen LogP contribution in [0.5, 0.6) is 0 Å². The Morgan fingerprint density at radius 1 is 1.39 bits per heavy atom. The van der Waals surface area contributed by atoms with E-state index in [1.807, 2.05) is 22.9 Å². The molecule has 0 aromatic carbocycles. The molecule has 0 bridgehead atoms. The Kier molecular flexibility index (Phi) is 3.80. The van der Waals surface area contributed by atoms with Gasteiger partial charge in [-0.05, 0) is 25.7 Å². The molecule has 98 valence electrons. The van der Waals surface area contributed by atoms with Gasteiger partial charge in [-0.3, -0.25) is 9.79 Å². The van der Waals surface area contributed by atoms with Gasteiger partial charge in [-0.25, -0.2) is 0 Å². The molecule has 0 radical (unpaired) electrons. The van der Waals surface area contributed by atoms with E-state index < -0.39 is 0 Å². The van der Waals surface area contributed by atoms with Crippen LogP contribution < -0.4 is 0 Å². The fourth-order valence-corrected chi connectivity index (χ4v) is 4.57. The first kappa shape index (κ1) is 12.7. The number of alkyl halides is 1. The quantitative estimate of drug-likeness (QED) is 0.576. The Hall–Kier alpha value is -0.290. The number of hydrogen-bond acceptors (Lipinski definition) is 3. The minimum absolute atomic E-state index is 0.116. The number of aliphatic imine (C=N–C) groups is 1. The van der Waals surface area contributed by atoms with Gasteiger partial charge < -0.3 is 4.90 Å². The van der Waals surface area contributed by atoms with Crippen LogP contribution >= 0.6 is 27.7 Å². The van der Waals surface area contributed by atoms with E-state index in [1.54, 1.807) is 0 Å². The molecule has 5 heteroatoms. The molecule has 2 heterocycles. The van der Waals surface area contributed by atoms with Crippen LogP contribution in [0.3, 0.4) is 0 Å². The molecular formula is C13H17BrN2OS. The lowest BCUT2D eigenvalue weighted by Gasteiger charge is -2.46. The van der Waals surface area contributed by atoms with Gasteiger partial charge in [-0.15, -0.1) is 11.8 Å². The Morgan fingerprint density at radius 2 is 2.17 bits per heavy atom. The molecule has 2 aliphatic heterocycles. The molecule has 3 rings (SSSR count). The van der Waals surface area contributed by atoms with E-state index in [1.165, 1.54) is 25.0 Å². The lowest BCUT2D eigenvalue weighted by molar-refractivity contribution is -0.140. The summed E-state index contributed by atoms with van der Waals surface area (Å²) in [4.78, 5) is 18.6. The van der Waals surface area contributed by atoms with Crippen LogP contribution in [0.1, 0.15) is 32.1 Å². The van der Waals surface area contributed by atoms with Crippen molar-refractivity contribution in [2.75, 3.05) is 5.33 Å². The van der Waals surface area contributed by atoms with Gasteiger partial charge in [0.15, 0.2) is 6.04 Å². The highest BCUT2D eigenvalue weighted by Crippen LogP contribution is 2.39. The van der Waals surface area contributed by atoms with E-state index >= 15 is 0 Å². The van der Waals surface area contributed by atoms with Crippen LogP contribution in [0.4, 0.5) is 0 Å². The van der Waals surface area contributed by atoms with Crippen molar-refractivity contribution >= 4 is 39.3 Å². The molecule has 1 amide bonds. The van der Waals surface area contributed by atoms with Crippen LogP contribution in [0.15, 0.2) is 17.3 Å². The summed E-state index contributed by atoms with van der Waals surface area (Å²) in [7, 11) is 0. The summed E-state index contributed by atoms with van der Waals surface area (Å²) in [5.41, 5.74) is 1.27. The largest absolute Gasteiger partial charge is 0.302 e. The van der Waals surface area contributed by atoms with Gasteiger partial charge in [0.25, 0.3) is 5.91 Å². The van der Waals surface area contributed by atoms with E-state index in [4.69, 9.17) is 4.99 Å². The fourth-order valence-electron chi connectivity index (χ4n) is 2.67. The first-order valence-corrected chi connectivity index (χ1v) is 8.63. The van der Waals surface area contributed by atoms with Crippen molar-refractivity contribution < 1.29 is 4.79 Å². The van der Waals surface area contributed by atoms with Crippen LogP contribution in [0.25, 0.3) is 0 Å². The van der Waals surface area contributed by atoms with Crippen molar-refractivity contribution in [3.63, 3.8) is 0 Å². The van der Waals surface area contributed by atoms with Gasteiger partial charge in [-0.1, -0.05) is 28.4 Å². The molecular weight excluding hydrogens is 312 g/mol. The Morgan fingerprint density at radius 3 is 2.89 bits per heavy atom. The van der Waals surface area contributed by atoms with Crippen LogP contribution in [-0.2, 0) is 4.79 Å². The molecule has 1 saturated heterocycles. The number of nitrogens with zero attached hydrogens (tertiary/aromatic N) is 2. The smallest absolute Gasteiger partial charge is 0.255 e. The Labute approximate surface area is 120 Å². The highest BCUT2D eigenvalue weighted by atomic mass is 79.9.